The fraction of sp³-hybridized carbons (Fsp3) is 0.294. The Labute approximate surface area is 176 Å². The molecular weight excluding hydrogens is 512 g/mol. The molecule has 0 atom stereocenters. The van der Waals surface area contributed by atoms with Crippen LogP contribution < -0.4 is 4.18 Å². The standard InChI is InChI=1S/C17H8F12O3S/c18-13(19,14(20,21)15(22,23)16(24,25)26)11-5-1-9(2-6-11)10-3-7-12(8-4-10)32-33(30,31)17(27,28)29/h1-8H. The normalized spacial score (nSPS) is 14.3. The van der Waals surface area contributed by atoms with Crippen molar-refractivity contribution in [3.05, 3.63) is 54.1 Å². The number of rotatable bonds is 6. The van der Waals surface area contributed by atoms with Gasteiger partial charge in [0.25, 0.3) is 0 Å². The highest BCUT2D eigenvalue weighted by Crippen LogP contribution is 2.56. The van der Waals surface area contributed by atoms with Crippen LogP contribution in [0, 0.1) is 0 Å². The first-order chi connectivity index (χ1) is 14.6. The van der Waals surface area contributed by atoms with E-state index in [1.165, 1.54) is 0 Å². The summed E-state index contributed by atoms with van der Waals surface area (Å²) in [5.74, 6) is -20.7. The summed E-state index contributed by atoms with van der Waals surface area (Å²) in [6.45, 7) is 0. The molecule has 0 heterocycles. The van der Waals surface area contributed by atoms with Crippen LogP contribution >= 0.6 is 0 Å². The highest BCUT2D eigenvalue weighted by Gasteiger charge is 2.82. The second-order valence-corrected chi connectivity index (χ2v) is 7.84. The van der Waals surface area contributed by atoms with E-state index in [1.54, 1.807) is 0 Å². The van der Waals surface area contributed by atoms with Gasteiger partial charge < -0.3 is 4.18 Å². The molecule has 2 aromatic rings. The van der Waals surface area contributed by atoms with E-state index in [0.29, 0.717) is 12.1 Å². The van der Waals surface area contributed by atoms with Gasteiger partial charge in [0, 0.05) is 5.56 Å². The molecule has 3 nitrogen and oxygen atoms in total. The SMILES string of the molecule is O=S(=O)(Oc1ccc(-c2ccc(C(F)(F)C(F)(F)C(F)(F)C(F)(F)F)cc2)cc1)C(F)(F)F. The van der Waals surface area contributed by atoms with Crippen molar-refractivity contribution in [2.75, 3.05) is 0 Å². The second kappa shape index (κ2) is 7.99. The molecule has 0 aliphatic carbocycles. The van der Waals surface area contributed by atoms with Gasteiger partial charge in [-0.25, -0.2) is 0 Å². The molecule has 0 N–H and O–H groups in total. The van der Waals surface area contributed by atoms with Crippen LogP contribution in [0.1, 0.15) is 5.56 Å². The molecule has 0 saturated heterocycles. The van der Waals surface area contributed by atoms with Crippen LogP contribution in [0.15, 0.2) is 48.5 Å². The summed E-state index contributed by atoms with van der Waals surface area (Å²) in [5.41, 5.74) is -7.74. The Kier molecular flexibility index (Phi) is 6.44. The van der Waals surface area contributed by atoms with Gasteiger partial charge in [-0.05, 0) is 23.3 Å². The van der Waals surface area contributed by atoms with Crippen LogP contribution in [0.2, 0.25) is 0 Å². The lowest BCUT2D eigenvalue weighted by atomic mass is 9.95. The average Bonchev–Trinajstić information content (AvgIpc) is 2.66. The molecule has 184 valence electrons. The van der Waals surface area contributed by atoms with E-state index in [1.807, 2.05) is 0 Å². The first kappa shape index (κ1) is 26.6. The van der Waals surface area contributed by atoms with Crippen molar-refractivity contribution in [2.45, 2.75) is 29.5 Å². The maximum absolute atomic E-state index is 13.9. The van der Waals surface area contributed by atoms with Crippen molar-refractivity contribution in [1.29, 1.82) is 0 Å². The molecule has 0 unspecified atom stereocenters. The number of alkyl halides is 12. The lowest BCUT2D eigenvalue weighted by Crippen LogP contribution is -2.59. The zero-order valence-electron chi connectivity index (χ0n) is 15.3. The van der Waals surface area contributed by atoms with Crippen LogP contribution in [0.4, 0.5) is 52.7 Å². The third-order valence-electron chi connectivity index (χ3n) is 4.07. The van der Waals surface area contributed by atoms with E-state index in [9.17, 15) is 61.1 Å². The number of benzene rings is 2. The van der Waals surface area contributed by atoms with Gasteiger partial charge in [0.15, 0.2) is 0 Å². The van der Waals surface area contributed by atoms with Crippen molar-refractivity contribution in [1.82, 2.24) is 0 Å². The van der Waals surface area contributed by atoms with Gasteiger partial charge in [-0.1, -0.05) is 36.4 Å². The monoisotopic (exact) mass is 520 g/mol. The predicted octanol–water partition coefficient (Wildman–Crippen LogP) is 6.51. The smallest absolute Gasteiger partial charge is 0.376 e. The van der Waals surface area contributed by atoms with Gasteiger partial charge in [0.2, 0.25) is 0 Å². The molecule has 0 aliphatic rings. The minimum Gasteiger partial charge on any atom is -0.376 e. The molecule has 0 amide bonds. The molecule has 0 aliphatic heterocycles. The topological polar surface area (TPSA) is 43.4 Å². The maximum Gasteiger partial charge on any atom is 0.534 e. The fourth-order valence-electron chi connectivity index (χ4n) is 2.31. The largest absolute Gasteiger partial charge is 0.534 e. The molecule has 16 heteroatoms. The summed E-state index contributed by atoms with van der Waals surface area (Å²) < 4.78 is 180. The lowest BCUT2D eigenvalue weighted by Gasteiger charge is -2.33. The molecule has 0 radical (unpaired) electrons. The molecule has 0 spiro atoms. The highest BCUT2D eigenvalue weighted by molar-refractivity contribution is 7.88. The van der Waals surface area contributed by atoms with E-state index < -0.39 is 50.9 Å². The Morgan fingerprint density at radius 3 is 1.33 bits per heavy atom. The summed E-state index contributed by atoms with van der Waals surface area (Å²) >= 11 is 0. The quantitative estimate of drug-likeness (QED) is 0.248. The van der Waals surface area contributed by atoms with Crippen molar-refractivity contribution in [2.24, 2.45) is 0 Å². The van der Waals surface area contributed by atoms with E-state index in [2.05, 4.69) is 4.18 Å². The molecule has 0 aromatic heterocycles. The first-order valence-electron chi connectivity index (χ1n) is 8.07. The summed E-state index contributed by atoms with van der Waals surface area (Å²) in [4.78, 5) is 0. The van der Waals surface area contributed by atoms with Gasteiger partial charge in [-0.3, -0.25) is 0 Å². The fourth-order valence-corrected chi connectivity index (χ4v) is 2.76. The molecule has 2 rings (SSSR count). The van der Waals surface area contributed by atoms with E-state index in [4.69, 9.17) is 0 Å². The Morgan fingerprint density at radius 1 is 0.576 bits per heavy atom. The summed E-state index contributed by atoms with van der Waals surface area (Å²) in [7, 11) is -5.98. The van der Waals surface area contributed by atoms with Gasteiger partial charge in [-0.2, -0.15) is 61.1 Å². The van der Waals surface area contributed by atoms with E-state index in [0.717, 1.165) is 24.3 Å². The van der Waals surface area contributed by atoms with Gasteiger partial charge >= 0.3 is 39.6 Å². The van der Waals surface area contributed by atoms with Crippen LogP contribution in [-0.4, -0.2) is 31.9 Å². The molecule has 33 heavy (non-hydrogen) atoms. The van der Waals surface area contributed by atoms with Crippen LogP contribution in [0.25, 0.3) is 11.1 Å². The van der Waals surface area contributed by atoms with Gasteiger partial charge in [0.1, 0.15) is 5.75 Å². The predicted molar refractivity (Wildman–Crippen MR) is 87.3 cm³/mol. The minimum atomic E-state index is -7.06. The van der Waals surface area contributed by atoms with Crippen LogP contribution in [-0.2, 0) is 16.0 Å². The van der Waals surface area contributed by atoms with Crippen LogP contribution in [0.5, 0.6) is 5.75 Å². The third-order valence-corrected chi connectivity index (χ3v) is 5.05. The minimum absolute atomic E-state index is 0.0194. The van der Waals surface area contributed by atoms with Gasteiger partial charge in [0.05, 0.1) is 0 Å². The molecule has 0 saturated carbocycles. The summed E-state index contributed by atoms with van der Waals surface area (Å²) in [6.07, 6.45) is -6.97. The molecular formula is C17H8F12O3S. The molecule has 0 bridgehead atoms. The van der Waals surface area contributed by atoms with Crippen LogP contribution in [0.3, 0.4) is 0 Å². The Balaban J connectivity index is 2.32. The summed E-state index contributed by atoms with van der Waals surface area (Å²) in [6, 6.07) is 4.86. The van der Waals surface area contributed by atoms with Gasteiger partial charge in [-0.15, -0.1) is 0 Å². The first-order valence-corrected chi connectivity index (χ1v) is 9.48. The van der Waals surface area contributed by atoms with E-state index >= 15 is 0 Å². The number of hydrogen-bond donors (Lipinski definition) is 0. The summed E-state index contributed by atoms with van der Waals surface area (Å²) in [5, 5.41) is 0. The number of halogens is 12. The average molecular weight is 520 g/mol. The van der Waals surface area contributed by atoms with Crippen molar-refractivity contribution in [3.63, 3.8) is 0 Å². The molecule has 2 aromatic carbocycles. The van der Waals surface area contributed by atoms with Crippen molar-refractivity contribution in [3.8, 4) is 16.9 Å². The van der Waals surface area contributed by atoms with Crippen molar-refractivity contribution < 1.29 is 65.3 Å². The Bertz CT molecular complexity index is 1090. The number of hydrogen-bond acceptors (Lipinski definition) is 3. The highest BCUT2D eigenvalue weighted by atomic mass is 32.2. The Hall–Kier alpha value is -2.65. The third kappa shape index (κ3) is 4.70. The second-order valence-electron chi connectivity index (χ2n) is 6.31. The zero-order chi connectivity index (χ0) is 25.7. The maximum atomic E-state index is 13.9. The zero-order valence-corrected chi connectivity index (χ0v) is 16.1. The van der Waals surface area contributed by atoms with E-state index in [-0.39, 0.29) is 23.3 Å². The Morgan fingerprint density at radius 2 is 0.970 bits per heavy atom. The lowest BCUT2D eigenvalue weighted by molar-refractivity contribution is -0.399. The van der Waals surface area contributed by atoms with Crippen molar-refractivity contribution >= 4 is 10.1 Å². The molecule has 0 fully saturated rings.